The number of carbonyl (C=O) groups excluding carboxylic acids is 1. The maximum absolute atomic E-state index is 9.23. The second-order valence-corrected chi connectivity index (χ2v) is 0.664. The predicted molar refractivity (Wildman–Crippen MR) is 16.5 cm³/mol. The minimum atomic E-state index is -0.995. The normalized spacial score (nSPS) is 6.80. The average molecular weight is 95.5 g/mol. The molecule has 0 heterocycles. The molecule has 0 aromatic rings. The van der Waals surface area contributed by atoms with Crippen LogP contribution >= 0.6 is 11.6 Å². The van der Waals surface area contributed by atoms with Gasteiger partial charge in [0.1, 0.15) is 0 Å². The summed E-state index contributed by atoms with van der Waals surface area (Å²) in [4.78, 5) is 12.6. The van der Waals surface area contributed by atoms with Crippen molar-refractivity contribution in [2.24, 2.45) is 5.90 Å². The summed E-state index contributed by atoms with van der Waals surface area (Å²) in [6, 6.07) is 0. The molecule has 0 atom stereocenters. The fourth-order valence-corrected chi connectivity index (χ4v) is 0. The molecule has 0 aromatic carbocycles. The third-order valence-corrected chi connectivity index (χ3v) is 0.182. The Balaban J connectivity index is 2.85. The lowest BCUT2D eigenvalue weighted by molar-refractivity contribution is 0.176. The topological polar surface area (TPSA) is 52.3 Å². The molecule has 0 spiro atoms. The summed E-state index contributed by atoms with van der Waals surface area (Å²) in [7, 11) is 0. The number of hydrogen-bond donors (Lipinski definition) is 1. The van der Waals surface area contributed by atoms with Crippen molar-refractivity contribution in [2.75, 3.05) is 0 Å². The number of halogens is 1. The van der Waals surface area contributed by atoms with Crippen molar-refractivity contribution in [3.05, 3.63) is 0 Å². The van der Waals surface area contributed by atoms with Crippen LogP contribution in [0.1, 0.15) is 0 Å². The van der Waals surface area contributed by atoms with Gasteiger partial charge in [-0.25, -0.2) is 4.79 Å². The van der Waals surface area contributed by atoms with Gasteiger partial charge in [-0.1, -0.05) is 0 Å². The van der Waals surface area contributed by atoms with Crippen molar-refractivity contribution in [2.45, 2.75) is 0 Å². The Bertz CT molecular complexity index is 44.9. The largest absolute Gasteiger partial charge is 0.422 e. The van der Waals surface area contributed by atoms with E-state index in [4.69, 9.17) is 0 Å². The lowest BCUT2D eigenvalue weighted by Gasteiger charge is -1.76. The Labute approximate surface area is 33.6 Å². The van der Waals surface area contributed by atoms with Crippen molar-refractivity contribution in [1.29, 1.82) is 0 Å². The monoisotopic (exact) mass is 95.0 g/mol. The fraction of sp³-hybridized carbons (Fsp3) is 0. The first-order valence-electron chi connectivity index (χ1n) is 0.833. The molecule has 2 N–H and O–H groups in total. The average Bonchev–Trinajstić information content (AvgIpc) is 1.38. The summed E-state index contributed by atoms with van der Waals surface area (Å²) < 4.78 is 0. The fourth-order valence-electron chi connectivity index (χ4n) is 0. The van der Waals surface area contributed by atoms with E-state index >= 15 is 0 Å². The molecule has 0 unspecified atom stereocenters. The van der Waals surface area contributed by atoms with E-state index < -0.39 is 5.43 Å². The van der Waals surface area contributed by atoms with Crippen LogP contribution in [0.25, 0.3) is 0 Å². The lowest BCUT2D eigenvalue weighted by atomic mass is 11.6. The minimum Gasteiger partial charge on any atom is -0.361 e. The number of hydrogen-bond acceptors (Lipinski definition) is 3. The van der Waals surface area contributed by atoms with E-state index in [1.165, 1.54) is 0 Å². The zero-order valence-corrected chi connectivity index (χ0v) is 3.03. The Morgan fingerprint density at radius 2 is 2.20 bits per heavy atom. The highest BCUT2D eigenvalue weighted by atomic mass is 35.5. The van der Waals surface area contributed by atoms with Gasteiger partial charge < -0.3 is 4.84 Å². The number of nitrogens with two attached hydrogens (primary N) is 1. The summed E-state index contributed by atoms with van der Waals surface area (Å²) in [6.45, 7) is 0. The number of carbonyl (C=O) groups is 1. The first kappa shape index (κ1) is 4.72. The molecule has 0 amide bonds. The molecule has 0 aromatic heterocycles. The van der Waals surface area contributed by atoms with Gasteiger partial charge in [0.05, 0.1) is 0 Å². The maximum Gasteiger partial charge on any atom is 0.422 e. The predicted octanol–water partition coefficient (Wildman–Crippen LogP) is 0.236. The third-order valence-electron chi connectivity index (χ3n) is 0.0927. The van der Waals surface area contributed by atoms with Crippen LogP contribution in [0.3, 0.4) is 0 Å². The van der Waals surface area contributed by atoms with E-state index in [2.05, 4.69) is 22.3 Å². The van der Waals surface area contributed by atoms with Gasteiger partial charge in [-0.15, -0.1) is 0 Å². The van der Waals surface area contributed by atoms with Crippen LogP contribution in [0.2, 0.25) is 0 Å². The highest BCUT2D eigenvalue weighted by Gasteiger charge is 1.82. The van der Waals surface area contributed by atoms with E-state index in [9.17, 15) is 4.79 Å². The van der Waals surface area contributed by atoms with Crippen LogP contribution in [0.15, 0.2) is 0 Å². The standard InChI is InChI=1S/CH2ClNO2/c2-1(4)5-3/h3H2. The smallest absolute Gasteiger partial charge is 0.361 e. The van der Waals surface area contributed by atoms with Crippen LogP contribution in [0.4, 0.5) is 4.79 Å². The molecule has 30 valence electrons. The molecule has 0 saturated carbocycles. The molecule has 0 rings (SSSR count). The molecule has 0 aliphatic carbocycles. The molecule has 5 heavy (non-hydrogen) atoms. The van der Waals surface area contributed by atoms with Gasteiger partial charge >= 0.3 is 5.43 Å². The van der Waals surface area contributed by atoms with Gasteiger partial charge in [-0.05, 0) is 0 Å². The number of rotatable bonds is 0. The Hall–Kier alpha value is -0.280. The molecule has 0 aliphatic rings. The third kappa shape index (κ3) is 3.72. The summed E-state index contributed by atoms with van der Waals surface area (Å²) in [6.07, 6.45) is 0. The van der Waals surface area contributed by atoms with Crippen molar-refractivity contribution in [3.8, 4) is 0 Å². The molecule has 0 radical (unpaired) electrons. The summed E-state index contributed by atoms with van der Waals surface area (Å²) in [5.41, 5.74) is -0.995. The van der Waals surface area contributed by atoms with Crippen LogP contribution in [-0.4, -0.2) is 5.43 Å². The van der Waals surface area contributed by atoms with Crippen molar-refractivity contribution < 1.29 is 9.63 Å². The Kier molecular flexibility index (Phi) is 1.88. The van der Waals surface area contributed by atoms with Crippen LogP contribution in [-0.2, 0) is 4.84 Å². The van der Waals surface area contributed by atoms with Gasteiger partial charge in [0.15, 0.2) is 0 Å². The van der Waals surface area contributed by atoms with Gasteiger partial charge in [0.2, 0.25) is 0 Å². The van der Waals surface area contributed by atoms with Gasteiger partial charge in [-0.3, -0.25) is 0 Å². The molecule has 3 nitrogen and oxygen atoms in total. The SMILES string of the molecule is NOC(=O)Cl. The molecular weight excluding hydrogens is 93.5 g/mol. The second-order valence-electron chi connectivity index (χ2n) is 0.355. The highest BCUT2D eigenvalue weighted by Crippen LogP contribution is 1.75. The first-order chi connectivity index (χ1) is 2.27. The van der Waals surface area contributed by atoms with Crippen molar-refractivity contribution in [3.63, 3.8) is 0 Å². The zero-order chi connectivity index (χ0) is 4.28. The Morgan fingerprint density at radius 3 is 2.20 bits per heavy atom. The lowest BCUT2D eigenvalue weighted by Crippen LogP contribution is -1.99. The van der Waals surface area contributed by atoms with Gasteiger partial charge in [0.25, 0.3) is 0 Å². The quantitative estimate of drug-likeness (QED) is 0.346. The maximum atomic E-state index is 9.23. The zero-order valence-electron chi connectivity index (χ0n) is 2.27. The van der Waals surface area contributed by atoms with Crippen LogP contribution in [0.5, 0.6) is 0 Å². The molecular formula is CH2ClNO2. The van der Waals surface area contributed by atoms with E-state index in [1.807, 2.05) is 0 Å². The minimum absolute atomic E-state index is 0.995. The summed E-state index contributed by atoms with van der Waals surface area (Å²) in [5.74, 6) is 4.19. The van der Waals surface area contributed by atoms with E-state index in [0.29, 0.717) is 0 Å². The van der Waals surface area contributed by atoms with E-state index in [1.54, 1.807) is 0 Å². The molecule has 4 heteroatoms. The molecule has 0 saturated heterocycles. The van der Waals surface area contributed by atoms with E-state index in [-0.39, 0.29) is 0 Å². The first-order valence-corrected chi connectivity index (χ1v) is 1.21. The summed E-state index contributed by atoms with van der Waals surface area (Å²) in [5, 5.41) is 0. The summed E-state index contributed by atoms with van der Waals surface area (Å²) >= 11 is 4.48. The van der Waals surface area contributed by atoms with Crippen LogP contribution in [0, 0.1) is 0 Å². The molecule has 0 aliphatic heterocycles. The Morgan fingerprint density at radius 1 is 2.00 bits per heavy atom. The van der Waals surface area contributed by atoms with Crippen molar-refractivity contribution >= 4 is 17.0 Å². The van der Waals surface area contributed by atoms with Crippen molar-refractivity contribution in [1.82, 2.24) is 0 Å². The highest BCUT2D eigenvalue weighted by molar-refractivity contribution is 6.61. The second kappa shape index (κ2) is 1.99. The van der Waals surface area contributed by atoms with Gasteiger partial charge in [0, 0.05) is 11.6 Å². The van der Waals surface area contributed by atoms with E-state index in [0.717, 1.165) is 0 Å². The van der Waals surface area contributed by atoms with Gasteiger partial charge in [-0.2, -0.15) is 5.90 Å². The molecule has 0 fully saturated rings. The van der Waals surface area contributed by atoms with Crippen LogP contribution < -0.4 is 5.90 Å². The molecule has 0 bridgehead atoms.